The van der Waals surface area contributed by atoms with Gasteiger partial charge in [0.15, 0.2) is 0 Å². The summed E-state index contributed by atoms with van der Waals surface area (Å²) < 4.78 is 1.06. The molecule has 3 nitrogen and oxygen atoms in total. The highest BCUT2D eigenvalue weighted by atomic mass is 79.9. The van der Waals surface area contributed by atoms with Gasteiger partial charge >= 0.3 is 0 Å². The monoisotopic (exact) mass is 282 g/mol. The summed E-state index contributed by atoms with van der Waals surface area (Å²) in [7, 11) is 0. The third-order valence-electron chi connectivity index (χ3n) is 2.73. The summed E-state index contributed by atoms with van der Waals surface area (Å²) in [5, 5.41) is 1.71. The van der Waals surface area contributed by atoms with Crippen LogP contribution in [0.3, 0.4) is 0 Å². The van der Waals surface area contributed by atoms with Crippen molar-refractivity contribution in [2.24, 2.45) is 0 Å². The molecule has 2 rings (SSSR count). The molecule has 0 bridgehead atoms. The number of hydrazine groups is 1. The number of benzene rings is 1. The van der Waals surface area contributed by atoms with Crippen molar-refractivity contribution in [3.8, 4) is 0 Å². The van der Waals surface area contributed by atoms with Gasteiger partial charge in [-0.25, -0.2) is 5.43 Å². The van der Waals surface area contributed by atoms with Crippen LogP contribution in [0.25, 0.3) is 0 Å². The van der Waals surface area contributed by atoms with Gasteiger partial charge in [-0.1, -0.05) is 28.1 Å². The van der Waals surface area contributed by atoms with Gasteiger partial charge in [0.1, 0.15) is 0 Å². The van der Waals surface area contributed by atoms with E-state index in [-0.39, 0.29) is 18.0 Å². The van der Waals surface area contributed by atoms with Crippen molar-refractivity contribution in [3.63, 3.8) is 0 Å². The summed E-state index contributed by atoms with van der Waals surface area (Å²) in [6.45, 7) is 4.02. The number of carbonyl (C=O) groups excluding carboxylic acids is 1. The highest BCUT2D eigenvalue weighted by molar-refractivity contribution is 9.10. The number of nitrogens with one attached hydrogen (secondary N) is 1. The van der Waals surface area contributed by atoms with E-state index in [2.05, 4.69) is 21.4 Å². The van der Waals surface area contributed by atoms with E-state index in [0.29, 0.717) is 6.42 Å². The molecule has 1 fully saturated rings. The largest absolute Gasteiger partial charge is 0.275 e. The maximum absolute atomic E-state index is 11.7. The third kappa shape index (κ3) is 2.28. The standard InChI is InChI=1S/C12H15BrN2O/c1-8(2)15-12(16)7-11(14-15)9-3-5-10(13)6-4-9/h3-6,8,11,14H,7H2,1-2H3. The molecule has 1 atom stereocenters. The number of carbonyl (C=O) groups is 1. The second kappa shape index (κ2) is 4.55. The maximum Gasteiger partial charge on any atom is 0.238 e. The Bertz CT molecular complexity index is 389. The Morgan fingerprint density at radius 3 is 2.50 bits per heavy atom. The molecule has 1 N–H and O–H groups in total. The molecule has 1 aromatic rings. The average molecular weight is 283 g/mol. The molecule has 1 aromatic carbocycles. The Balaban J connectivity index is 2.13. The van der Waals surface area contributed by atoms with Gasteiger partial charge in [0, 0.05) is 16.9 Å². The SMILES string of the molecule is CC(C)N1NC(c2ccc(Br)cc2)CC1=O. The van der Waals surface area contributed by atoms with E-state index >= 15 is 0 Å². The van der Waals surface area contributed by atoms with Crippen molar-refractivity contribution >= 4 is 21.8 Å². The van der Waals surface area contributed by atoms with Crippen molar-refractivity contribution in [1.82, 2.24) is 10.4 Å². The number of amides is 1. The van der Waals surface area contributed by atoms with Crippen LogP contribution in [0.1, 0.15) is 31.9 Å². The minimum atomic E-state index is 0.114. The first kappa shape index (κ1) is 11.6. The number of hydrogen-bond acceptors (Lipinski definition) is 2. The molecular weight excluding hydrogens is 268 g/mol. The summed E-state index contributed by atoms with van der Waals surface area (Å²) in [4.78, 5) is 11.7. The molecule has 0 aliphatic carbocycles. The van der Waals surface area contributed by atoms with Gasteiger partial charge in [-0.3, -0.25) is 9.80 Å². The van der Waals surface area contributed by atoms with Crippen molar-refractivity contribution in [3.05, 3.63) is 34.3 Å². The lowest BCUT2D eigenvalue weighted by atomic mass is 10.1. The first-order valence-corrected chi connectivity index (χ1v) is 6.21. The highest BCUT2D eigenvalue weighted by Gasteiger charge is 2.31. The third-order valence-corrected chi connectivity index (χ3v) is 3.26. The lowest BCUT2D eigenvalue weighted by molar-refractivity contribution is -0.131. The van der Waals surface area contributed by atoms with E-state index in [9.17, 15) is 4.79 Å². The number of nitrogens with zero attached hydrogens (tertiary/aromatic N) is 1. The first-order valence-electron chi connectivity index (χ1n) is 5.41. The summed E-state index contributed by atoms with van der Waals surface area (Å²) >= 11 is 3.40. The van der Waals surface area contributed by atoms with Gasteiger partial charge in [-0.2, -0.15) is 0 Å². The molecule has 4 heteroatoms. The molecule has 1 amide bonds. The predicted octanol–water partition coefficient (Wildman–Crippen LogP) is 2.64. The van der Waals surface area contributed by atoms with Crippen molar-refractivity contribution in [1.29, 1.82) is 0 Å². The Labute approximate surface area is 104 Å². The van der Waals surface area contributed by atoms with E-state index < -0.39 is 0 Å². The molecule has 0 aromatic heterocycles. The topological polar surface area (TPSA) is 32.3 Å². The smallest absolute Gasteiger partial charge is 0.238 e. The number of halogens is 1. The fourth-order valence-electron chi connectivity index (χ4n) is 1.88. The van der Waals surface area contributed by atoms with Gasteiger partial charge in [-0.15, -0.1) is 0 Å². The van der Waals surface area contributed by atoms with Crippen LogP contribution in [0.2, 0.25) is 0 Å². The zero-order valence-electron chi connectivity index (χ0n) is 9.40. The maximum atomic E-state index is 11.7. The summed E-state index contributed by atoms with van der Waals surface area (Å²) in [5.41, 5.74) is 4.40. The van der Waals surface area contributed by atoms with Crippen LogP contribution in [0, 0.1) is 0 Å². The lowest BCUT2D eigenvalue weighted by Crippen LogP contribution is -2.40. The molecule has 86 valence electrons. The molecule has 0 spiro atoms. The Kier molecular flexibility index (Phi) is 3.30. The molecule has 1 aliphatic rings. The highest BCUT2D eigenvalue weighted by Crippen LogP contribution is 2.25. The Morgan fingerprint density at radius 1 is 1.38 bits per heavy atom. The molecule has 1 unspecified atom stereocenters. The molecule has 1 aliphatic heterocycles. The van der Waals surface area contributed by atoms with Crippen LogP contribution >= 0.6 is 15.9 Å². The van der Waals surface area contributed by atoms with Crippen LogP contribution in [0.4, 0.5) is 0 Å². The van der Waals surface area contributed by atoms with Crippen LogP contribution < -0.4 is 5.43 Å². The van der Waals surface area contributed by atoms with Crippen molar-refractivity contribution < 1.29 is 4.79 Å². The molecular formula is C12H15BrN2O. The quantitative estimate of drug-likeness (QED) is 0.905. The average Bonchev–Trinajstić information content (AvgIpc) is 2.61. The van der Waals surface area contributed by atoms with Crippen molar-refractivity contribution in [2.75, 3.05) is 0 Å². The predicted molar refractivity (Wildman–Crippen MR) is 66.6 cm³/mol. The number of rotatable bonds is 2. The molecule has 0 radical (unpaired) electrons. The van der Waals surface area contributed by atoms with Crippen LogP contribution in [-0.2, 0) is 4.79 Å². The zero-order valence-corrected chi connectivity index (χ0v) is 11.0. The van der Waals surface area contributed by atoms with Crippen molar-refractivity contribution in [2.45, 2.75) is 32.4 Å². The van der Waals surface area contributed by atoms with Gasteiger partial charge in [0.05, 0.1) is 6.04 Å². The minimum absolute atomic E-state index is 0.114. The first-order chi connectivity index (χ1) is 7.58. The Hall–Kier alpha value is -0.870. The van der Waals surface area contributed by atoms with E-state index in [1.807, 2.05) is 38.1 Å². The second-order valence-electron chi connectivity index (χ2n) is 4.29. The molecule has 16 heavy (non-hydrogen) atoms. The molecule has 0 saturated carbocycles. The van der Waals surface area contributed by atoms with Gasteiger partial charge < -0.3 is 0 Å². The number of hydrogen-bond donors (Lipinski definition) is 1. The van der Waals surface area contributed by atoms with Crippen LogP contribution in [-0.4, -0.2) is 17.0 Å². The fourth-order valence-corrected chi connectivity index (χ4v) is 2.15. The van der Waals surface area contributed by atoms with Crippen LogP contribution in [0.5, 0.6) is 0 Å². The summed E-state index contributed by atoms with van der Waals surface area (Å²) in [6, 6.07) is 8.40. The normalized spacial score (nSPS) is 20.9. The molecule has 1 saturated heterocycles. The van der Waals surface area contributed by atoms with Gasteiger partial charge in [0.2, 0.25) is 5.91 Å². The van der Waals surface area contributed by atoms with Crippen LogP contribution in [0.15, 0.2) is 28.7 Å². The van der Waals surface area contributed by atoms with Gasteiger partial charge in [-0.05, 0) is 31.5 Å². The lowest BCUT2D eigenvalue weighted by Gasteiger charge is -2.22. The zero-order chi connectivity index (χ0) is 11.7. The van der Waals surface area contributed by atoms with E-state index in [1.165, 1.54) is 0 Å². The van der Waals surface area contributed by atoms with E-state index in [1.54, 1.807) is 5.01 Å². The van der Waals surface area contributed by atoms with E-state index in [0.717, 1.165) is 10.0 Å². The van der Waals surface area contributed by atoms with Gasteiger partial charge in [0.25, 0.3) is 0 Å². The minimum Gasteiger partial charge on any atom is -0.275 e. The Morgan fingerprint density at radius 2 is 2.00 bits per heavy atom. The second-order valence-corrected chi connectivity index (χ2v) is 5.21. The molecule has 1 heterocycles. The fraction of sp³-hybridized carbons (Fsp3) is 0.417. The van der Waals surface area contributed by atoms with E-state index in [4.69, 9.17) is 0 Å². The summed E-state index contributed by atoms with van der Waals surface area (Å²) in [6.07, 6.45) is 0.541. The summed E-state index contributed by atoms with van der Waals surface area (Å²) in [5.74, 6) is 0.169.